The quantitative estimate of drug-likeness (QED) is 0.373. The highest BCUT2D eigenvalue weighted by atomic mass is 19.1. The molecule has 2 aliphatic heterocycles. The van der Waals surface area contributed by atoms with Crippen molar-refractivity contribution in [2.45, 2.75) is 51.9 Å². The number of likely N-dealkylation sites (tertiary alicyclic amines) is 1. The summed E-state index contributed by atoms with van der Waals surface area (Å²) in [5.41, 5.74) is 2.99. The lowest BCUT2D eigenvalue weighted by Gasteiger charge is -2.58. The Hall–Kier alpha value is -3.49. The smallest absolute Gasteiger partial charge is 0.317 e. The maximum atomic E-state index is 15.3. The molecule has 8 heteroatoms. The van der Waals surface area contributed by atoms with Gasteiger partial charge in [0, 0.05) is 42.7 Å². The molecule has 0 aromatic heterocycles. The van der Waals surface area contributed by atoms with E-state index in [0.29, 0.717) is 13.2 Å². The minimum absolute atomic E-state index is 0.00959. The van der Waals surface area contributed by atoms with Gasteiger partial charge in [0.1, 0.15) is 29.7 Å². The van der Waals surface area contributed by atoms with Crippen LogP contribution in [-0.4, -0.2) is 48.3 Å². The van der Waals surface area contributed by atoms with Crippen LogP contribution in [0.15, 0.2) is 60.7 Å². The second-order valence-electron chi connectivity index (χ2n) is 10.8. The molecule has 2 fully saturated rings. The molecular weight excluding hydrogens is 514 g/mol. The van der Waals surface area contributed by atoms with Gasteiger partial charge >= 0.3 is 5.97 Å². The zero-order valence-corrected chi connectivity index (χ0v) is 23.0. The molecule has 6 nitrogen and oxygen atoms in total. The highest BCUT2D eigenvalue weighted by molar-refractivity contribution is 5.69. The summed E-state index contributed by atoms with van der Waals surface area (Å²) in [6.45, 7) is 6.55. The molecule has 1 aliphatic carbocycles. The van der Waals surface area contributed by atoms with E-state index >= 15 is 8.78 Å². The van der Waals surface area contributed by atoms with Crippen molar-refractivity contribution < 1.29 is 28.2 Å². The number of aliphatic carboxylic acids is 1. The number of hydrogen-bond acceptors (Lipinski definition) is 5. The molecule has 40 heavy (non-hydrogen) atoms. The number of carboxylic acids is 1. The maximum Gasteiger partial charge on any atom is 0.317 e. The van der Waals surface area contributed by atoms with E-state index in [9.17, 15) is 4.79 Å². The van der Waals surface area contributed by atoms with Crippen LogP contribution in [0.5, 0.6) is 11.5 Å². The van der Waals surface area contributed by atoms with Gasteiger partial charge in [-0.05, 0) is 48.1 Å². The van der Waals surface area contributed by atoms with E-state index in [1.54, 1.807) is 0 Å². The second kappa shape index (κ2) is 11.9. The van der Waals surface area contributed by atoms with E-state index in [2.05, 4.69) is 5.32 Å². The fourth-order valence-electron chi connectivity index (χ4n) is 6.18. The summed E-state index contributed by atoms with van der Waals surface area (Å²) < 4.78 is 42.5. The number of hydrogen-bond donors (Lipinski definition) is 2. The zero-order chi connectivity index (χ0) is 28.3. The van der Waals surface area contributed by atoms with Crippen LogP contribution in [0.2, 0.25) is 0 Å². The van der Waals surface area contributed by atoms with Crippen molar-refractivity contribution >= 4 is 5.97 Å². The van der Waals surface area contributed by atoms with Crippen molar-refractivity contribution in [2.75, 3.05) is 26.2 Å². The fraction of sp³-hybridized carbons (Fsp3) is 0.406. The molecule has 2 heterocycles. The van der Waals surface area contributed by atoms with E-state index in [4.69, 9.17) is 14.6 Å². The number of fused-ring (bicyclic) bond motifs is 1. The third-order valence-electron chi connectivity index (χ3n) is 7.86. The summed E-state index contributed by atoms with van der Waals surface area (Å²) in [7, 11) is 0. The van der Waals surface area contributed by atoms with Crippen LogP contribution in [-0.2, 0) is 17.8 Å². The molecule has 1 unspecified atom stereocenters. The molecule has 1 atom stereocenters. The number of carboxylic acid groups (broad SMARTS) is 1. The van der Waals surface area contributed by atoms with E-state index in [0.717, 1.165) is 54.8 Å². The van der Waals surface area contributed by atoms with Crippen LogP contribution < -0.4 is 14.8 Å². The highest BCUT2D eigenvalue weighted by Gasteiger charge is 2.53. The molecule has 0 radical (unpaired) electrons. The summed E-state index contributed by atoms with van der Waals surface area (Å²) in [6, 6.07) is 17.5. The van der Waals surface area contributed by atoms with Crippen molar-refractivity contribution in [1.82, 2.24) is 10.2 Å². The van der Waals surface area contributed by atoms with Gasteiger partial charge in [0.2, 0.25) is 0 Å². The van der Waals surface area contributed by atoms with Crippen LogP contribution in [0, 0.1) is 17.0 Å². The number of halogens is 2. The second-order valence-corrected chi connectivity index (χ2v) is 10.8. The van der Waals surface area contributed by atoms with E-state index in [-0.39, 0.29) is 29.4 Å². The van der Waals surface area contributed by atoms with Crippen molar-refractivity contribution in [3.8, 4) is 11.5 Å². The minimum Gasteiger partial charge on any atom is -0.490 e. The van der Waals surface area contributed by atoms with Crippen molar-refractivity contribution in [1.29, 1.82) is 0 Å². The molecule has 3 aliphatic rings. The molecule has 6 rings (SSSR count). The Balaban J connectivity index is 0.00000158. The SMILES string of the molecule is CC.O=C(O)CN1CC2(CC(Oc3cc(F)c(C4NCCc5cc(OCc6ccccc6)ccc54)c(F)c3)C2)C1. The molecule has 0 bridgehead atoms. The van der Waals surface area contributed by atoms with E-state index in [1.165, 1.54) is 12.1 Å². The first-order valence-corrected chi connectivity index (χ1v) is 14.0. The summed E-state index contributed by atoms with van der Waals surface area (Å²) in [4.78, 5) is 12.7. The van der Waals surface area contributed by atoms with Gasteiger partial charge in [0.25, 0.3) is 0 Å². The third kappa shape index (κ3) is 5.98. The number of carbonyl (C=O) groups is 1. The number of ether oxygens (including phenoxy) is 2. The van der Waals surface area contributed by atoms with Crippen LogP contribution in [0.25, 0.3) is 0 Å². The number of nitrogens with one attached hydrogen (secondary N) is 1. The van der Waals surface area contributed by atoms with Gasteiger partial charge in [-0.25, -0.2) is 8.78 Å². The Kier molecular flexibility index (Phi) is 8.38. The van der Waals surface area contributed by atoms with E-state index < -0.39 is 23.6 Å². The molecule has 0 amide bonds. The average molecular weight is 551 g/mol. The minimum atomic E-state index is -0.829. The highest BCUT2D eigenvalue weighted by Crippen LogP contribution is 2.49. The Morgan fingerprint density at radius 3 is 2.40 bits per heavy atom. The Labute approximate surface area is 233 Å². The zero-order valence-electron chi connectivity index (χ0n) is 23.0. The summed E-state index contributed by atoms with van der Waals surface area (Å²) in [5.74, 6) is -1.19. The Morgan fingerprint density at radius 1 is 1.02 bits per heavy atom. The molecule has 1 saturated carbocycles. The normalized spacial score (nSPS) is 19.4. The molecule has 2 N–H and O–H groups in total. The van der Waals surface area contributed by atoms with Gasteiger partial charge in [-0.3, -0.25) is 9.69 Å². The van der Waals surface area contributed by atoms with Crippen LogP contribution in [0.1, 0.15) is 55.0 Å². The molecule has 3 aromatic rings. The molecule has 1 spiro atoms. The lowest BCUT2D eigenvalue weighted by Crippen LogP contribution is -2.65. The monoisotopic (exact) mass is 550 g/mol. The molecule has 1 saturated heterocycles. The van der Waals surface area contributed by atoms with Gasteiger partial charge in [0.05, 0.1) is 18.7 Å². The molecule has 212 valence electrons. The third-order valence-corrected chi connectivity index (χ3v) is 7.86. The summed E-state index contributed by atoms with van der Waals surface area (Å²) >= 11 is 0. The van der Waals surface area contributed by atoms with Gasteiger partial charge in [-0.1, -0.05) is 50.2 Å². The van der Waals surface area contributed by atoms with Gasteiger partial charge in [0.15, 0.2) is 0 Å². The van der Waals surface area contributed by atoms with Crippen molar-refractivity contribution in [3.63, 3.8) is 0 Å². The van der Waals surface area contributed by atoms with Gasteiger partial charge in [-0.2, -0.15) is 0 Å². The van der Waals surface area contributed by atoms with Crippen LogP contribution in [0.3, 0.4) is 0 Å². The lowest BCUT2D eigenvalue weighted by molar-refractivity contribution is -0.150. The number of rotatable bonds is 8. The van der Waals surface area contributed by atoms with Crippen molar-refractivity contribution in [2.24, 2.45) is 5.41 Å². The van der Waals surface area contributed by atoms with Crippen LogP contribution in [0.4, 0.5) is 8.78 Å². The number of benzene rings is 3. The summed E-state index contributed by atoms with van der Waals surface area (Å²) in [5, 5.41) is 12.2. The van der Waals surface area contributed by atoms with Crippen molar-refractivity contribution in [3.05, 3.63) is 94.6 Å². The first-order chi connectivity index (χ1) is 19.4. The van der Waals surface area contributed by atoms with Crippen LogP contribution >= 0.6 is 0 Å². The Morgan fingerprint density at radius 2 is 1.73 bits per heavy atom. The van der Waals surface area contributed by atoms with E-state index in [1.807, 2.05) is 67.3 Å². The topological polar surface area (TPSA) is 71.0 Å². The van der Waals surface area contributed by atoms with Gasteiger partial charge < -0.3 is 19.9 Å². The maximum absolute atomic E-state index is 15.3. The predicted octanol–water partition coefficient (Wildman–Crippen LogP) is 5.73. The van der Waals surface area contributed by atoms with Gasteiger partial charge in [-0.15, -0.1) is 0 Å². The first kappa shape index (κ1) is 28.1. The summed E-state index contributed by atoms with van der Waals surface area (Å²) in [6.07, 6.45) is 2.15. The Bertz CT molecular complexity index is 1310. The average Bonchev–Trinajstić information content (AvgIpc) is 2.90. The first-order valence-electron chi connectivity index (χ1n) is 14.0. The lowest BCUT2D eigenvalue weighted by atomic mass is 9.62. The predicted molar refractivity (Wildman–Crippen MR) is 149 cm³/mol. The molecule has 3 aromatic carbocycles. The standard InChI is InChI=1S/C30H30F2N2O4.C2H6/c31-25-11-22(38-23-13-30(14-23)17-34(18-30)15-27(35)36)12-26(32)28(25)29-24-7-6-21(10-20(24)8-9-33-29)37-16-19-4-2-1-3-5-19;1-2/h1-7,10-12,23,29,33H,8-9,13-18H2,(H,35,36);1-2H3. The molecular formula is C32H36F2N2O4. The largest absolute Gasteiger partial charge is 0.490 e. The fourth-order valence-corrected chi connectivity index (χ4v) is 6.18. The number of nitrogens with zero attached hydrogens (tertiary/aromatic N) is 1.